The fourth-order valence-corrected chi connectivity index (χ4v) is 1.53. The second kappa shape index (κ2) is 7.63. The molecule has 0 unspecified atom stereocenters. The lowest BCUT2D eigenvalue weighted by atomic mass is 10.3. The molecule has 5 nitrogen and oxygen atoms in total. The van der Waals surface area contributed by atoms with E-state index in [4.69, 9.17) is 10.5 Å². The zero-order valence-electron chi connectivity index (χ0n) is 11.9. The number of benzene rings is 1. The van der Waals surface area contributed by atoms with E-state index in [-0.39, 0.29) is 5.91 Å². The highest BCUT2D eigenvalue weighted by Gasteiger charge is 2.09. The standard InChI is InChI=1S/C14H23N3O2/c1-16(2)9-10-17(3)14(18)8-11-19-13-7-5-4-6-12(13)15/h4-7H,8-11,15H2,1-3H3. The molecule has 19 heavy (non-hydrogen) atoms. The highest BCUT2D eigenvalue weighted by atomic mass is 16.5. The summed E-state index contributed by atoms with van der Waals surface area (Å²) < 4.78 is 5.50. The number of hydrogen-bond acceptors (Lipinski definition) is 4. The number of likely N-dealkylation sites (N-methyl/N-ethyl adjacent to an activating group) is 2. The molecule has 1 aromatic rings. The normalized spacial score (nSPS) is 10.5. The Balaban J connectivity index is 2.29. The van der Waals surface area contributed by atoms with Crippen LogP contribution in [0.15, 0.2) is 24.3 Å². The molecule has 1 aromatic carbocycles. The molecule has 0 saturated heterocycles. The number of nitrogens with two attached hydrogens (primary N) is 1. The molecule has 0 fully saturated rings. The largest absolute Gasteiger partial charge is 0.491 e. The lowest BCUT2D eigenvalue weighted by Crippen LogP contribution is -2.34. The third kappa shape index (κ3) is 5.61. The summed E-state index contributed by atoms with van der Waals surface area (Å²) in [6.45, 7) is 1.92. The van der Waals surface area contributed by atoms with Crippen LogP contribution >= 0.6 is 0 Å². The summed E-state index contributed by atoms with van der Waals surface area (Å²) in [5.74, 6) is 0.711. The van der Waals surface area contributed by atoms with Gasteiger partial charge in [-0.3, -0.25) is 4.79 Å². The highest BCUT2D eigenvalue weighted by Crippen LogP contribution is 2.19. The third-order valence-electron chi connectivity index (χ3n) is 2.80. The van der Waals surface area contributed by atoms with Crippen molar-refractivity contribution >= 4 is 11.6 Å². The molecule has 0 spiro atoms. The van der Waals surface area contributed by atoms with E-state index in [2.05, 4.69) is 0 Å². The van der Waals surface area contributed by atoms with Gasteiger partial charge in [-0.25, -0.2) is 0 Å². The number of anilines is 1. The maximum Gasteiger partial charge on any atom is 0.225 e. The summed E-state index contributed by atoms with van der Waals surface area (Å²) in [4.78, 5) is 15.6. The molecule has 1 rings (SSSR count). The average Bonchev–Trinajstić information content (AvgIpc) is 2.38. The molecule has 0 aliphatic rings. The lowest BCUT2D eigenvalue weighted by Gasteiger charge is -2.19. The van der Waals surface area contributed by atoms with Crippen molar-refractivity contribution in [2.75, 3.05) is 46.6 Å². The maximum absolute atomic E-state index is 11.8. The van der Waals surface area contributed by atoms with Crippen LogP contribution in [0.4, 0.5) is 5.69 Å². The Labute approximate surface area is 114 Å². The first-order valence-corrected chi connectivity index (χ1v) is 6.36. The molecule has 1 amide bonds. The third-order valence-corrected chi connectivity index (χ3v) is 2.80. The summed E-state index contributed by atoms with van der Waals surface area (Å²) >= 11 is 0. The van der Waals surface area contributed by atoms with Crippen molar-refractivity contribution in [3.63, 3.8) is 0 Å². The van der Waals surface area contributed by atoms with Crippen molar-refractivity contribution in [3.8, 4) is 5.75 Å². The lowest BCUT2D eigenvalue weighted by molar-refractivity contribution is -0.130. The first-order chi connectivity index (χ1) is 9.00. The van der Waals surface area contributed by atoms with Crippen molar-refractivity contribution in [2.45, 2.75) is 6.42 Å². The van der Waals surface area contributed by atoms with Gasteiger partial charge in [0.2, 0.25) is 5.91 Å². The molecular formula is C14H23N3O2. The van der Waals surface area contributed by atoms with E-state index < -0.39 is 0 Å². The van der Waals surface area contributed by atoms with Crippen LogP contribution in [0.2, 0.25) is 0 Å². The van der Waals surface area contributed by atoms with Crippen LogP contribution in [-0.4, -0.2) is 56.5 Å². The predicted molar refractivity (Wildman–Crippen MR) is 77.2 cm³/mol. The number of nitrogens with zero attached hydrogens (tertiary/aromatic N) is 2. The number of carbonyl (C=O) groups is 1. The van der Waals surface area contributed by atoms with Crippen LogP contribution in [0.25, 0.3) is 0 Å². The smallest absolute Gasteiger partial charge is 0.225 e. The Morgan fingerprint density at radius 1 is 1.21 bits per heavy atom. The van der Waals surface area contributed by atoms with E-state index in [1.165, 1.54) is 0 Å². The van der Waals surface area contributed by atoms with E-state index in [1.807, 2.05) is 38.2 Å². The summed E-state index contributed by atoms with van der Waals surface area (Å²) in [6.07, 6.45) is 0.359. The Hall–Kier alpha value is -1.75. The first-order valence-electron chi connectivity index (χ1n) is 6.36. The van der Waals surface area contributed by atoms with Crippen LogP contribution in [0, 0.1) is 0 Å². The van der Waals surface area contributed by atoms with Gasteiger partial charge >= 0.3 is 0 Å². The zero-order chi connectivity index (χ0) is 14.3. The van der Waals surface area contributed by atoms with Crippen molar-refractivity contribution in [2.24, 2.45) is 0 Å². The number of carbonyl (C=O) groups excluding carboxylic acids is 1. The van der Waals surface area contributed by atoms with Gasteiger partial charge in [0, 0.05) is 20.1 Å². The second-order valence-electron chi connectivity index (χ2n) is 4.75. The van der Waals surface area contributed by atoms with Crippen LogP contribution < -0.4 is 10.5 Å². The van der Waals surface area contributed by atoms with Crippen LogP contribution in [0.3, 0.4) is 0 Å². The molecule has 0 aliphatic carbocycles. The molecule has 0 saturated carbocycles. The predicted octanol–water partition coefficient (Wildman–Crippen LogP) is 1.06. The van der Waals surface area contributed by atoms with E-state index >= 15 is 0 Å². The Morgan fingerprint density at radius 2 is 1.89 bits per heavy atom. The highest BCUT2D eigenvalue weighted by molar-refractivity contribution is 5.76. The van der Waals surface area contributed by atoms with Crippen LogP contribution in [0.1, 0.15) is 6.42 Å². The molecule has 106 valence electrons. The summed E-state index contributed by atoms with van der Waals surface area (Å²) in [5, 5.41) is 0. The minimum atomic E-state index is 0.0800. The number of para-hydroxylation sites is 2. The summed E-state index contributed by atoms with van der Waals surface area (Å²) in [7, 11) is 5.78. The minimum absolute atomic E-state index is 0.0800. The van der Waals surface area contributed by atoms with Gasteiger partial charge in [0.05, 0.1) is 18.7 Å². The number of ether oxygens (including phenoxy) is 1. The van der Waals surface area contributed by atoms with E-state index in [1.54, 1.807) is 17.0 Å². The fraction of sp³-hybridized carbons (Fsp3) is 0.500. The molecular weight excluding hydrogens is 242 g/mol. The number of nitrogen functional groups attached to an aromatic ring is 1. The molecule has 5 heteroatoms. The van der Waals surface area contributed by atoms with Crippen molar-refractivity contribution in [1.29, 1.82) is 0 Å². The van der Waals surface area contributed by atoms with E-state index in [0.717, 1.165) is 13.1 Å². The average molecular weight is 265 g/mol. The van der Waals surface area contributed by atoms with Gasteiger partial charge in [0.1, 0.15) is 5.75 Å². The number of rotatable bonds is 7. The SMILES string of the molecule is CN(C)CCN(C)C(=O)CCOc1ccccc1N. The quantitative estimate of drug-likeness (QED) is 0.749. The maximum atomic E-state index is 11.8. The second-order valence-corrected chi connectivity index (χ2v) is 4.75. The minimum Gasteiger partial charge on any atom is -0.491 e. The van der Waals surface area contributed by atoms with Crippen LogP contribution in [-0.2, 0) is 4.79 Å². The number of hydrogen-bond donors (Lipinski definition) is 1. The molecule has 0 aliphatic heterocycles. The molecule has 0 bridgehead atoms. The van der Waals surface area contributed by atoms with Crippen molar-refractivity contribution < 1.29 is 9.53 Å². The summed E-state index contributed by atoms with van der Waals surface area (Å²) in [6, 6.07) is 7.29. The van der Waals surface area contributed by atoms with Gasteiger partial charge in [-0.2, -0.15) is 0 Å². The van der Waals surface area contributed by atoms with Crippen LogP contribution in [0.5, 0.6) is 5.75 Å². The Morgan fingerprint density at radius 3 is 2.53 bits per heavy atom. The zero-order valence-corrected chi connectivity index (χ0v) is 11.9. The molecule has 0 heterocycles. The number of amides is 1. The summed E-state index contributed by atoms with van der Waals surface area (Å²) in [5.41, 5.74) is 6.35. The van der Waals surface area contributed by atoms with Gasteiger partial charge < -0.3 is 20.3 Å². The topological polar surface area (TPSA) is 58.8 Å². The fourth-order valence-electron chi connectivity index (χ4n) is 1.53. The Kier molecular flexibility index (Phi) is 6.15. The molecule has 0 atom stereocenters. The van der Waals surface area contributed by atoms with E-state index in [9.17, 15) is 4.79 Å². The van der Waals surface area contributed by atoms with Gasteiger partial charge in [0.25, 0.3) is 0 Å². The molecule has 2 N–H and O–H groups in total. The van der Waals surface area contributed by atoms with Crippen molar-refractivity contribution in [1.82, 2.24) is 9.80 Å². The Bertz CT molecular complexity index is 407. The molecule has 0 aromatic heterocycles. The monoisotopic (exact) mass is 265 g/mol. The van der Waals surface area contributed by atoms with Gasteiger partial charge in [0.15, 0.2) is 0 Å². The molecule has 0 radical (unpaired) electrons. The van der Waals surface area contributed by atoms with E-state index in [0.29, 0.717) is 24.5 Å². The van der Waals surface area contributed by atoms with Crippen molar-refractivity contribution in [3.05, 3.63) is 24.3 Å². The van der Waals surface area contributed by atoms with Gasteiger partial charge in [-0.1, -0.05) is 12.1 Å². The first kappa shape index (κ1) is 15.3. The van der Waals surface area contributed by atoms with Gasteiger partial charge in [-0.05, 0) is 26.2 Å². The van der Waals surface area contributed by atoms with Gasteiger partial charge in [-0.15, -0.1) is 0 Å².